The van der Waals surface area contributed by atoms with Gasteiger partial charge in [0.05, 0.1) is 18.6 Å². The molecule has 0 aromatic rings. The van der Waals surface area contributed by atoms with Crippen molar-refractivity contribution in [2.24, 2.45) is 0 Å². The molecule has 1 aliphatic rings. The lowest BCUT2D eigenvalue weighted by atomic mass is 9.78. The Morgan fingerprint density at radius 3 is 2.47 bits per heavy atom. The third-order valence-electron chi connectivity index (χ3n) is 3.86. The lowest BCUT2D eigenvalue weighted by Gasteiger charge is -2.43. The Morgan fingerprint density at radius 1 is 1.32 bits per heavy atom. The van der Waals surface area contributed by atoms with Crippen LogP contribution in [0, 0.1) is 0 Å². The maximum atomic E-state index is 12.1. The molecule has 1 fully saturated rings. The lowest BCUT2D eigenvalue weighted by molar-refractivity contribution is -0.140. The second-order valence-electron chi connectivity index (χ2n) is 5.14. The van der Waals surface area contributed by atoms with Crippen LogP contribution in [0.25, 0.3) is 0 Å². The highest BCUT2D eigenvalue weighted by Gasteiger charge is 2.40. The minimum atomic E-state index is -0.849. The molecule has 0 bridgehead atoms. The number of hydrogen-bond acceptors (Lipinski definition) is 3. The van der Waals surface area contributed by atoms with Gasteiger partial charge >= 0.3 is 12.0 Å². The number of amides is 2. The molecule has 0 atom stereocenters. The Labute approximate surface area is 114 Å². The number of rotatable bonds is 6. The highest BCUT2D eigenvalue weighted by Crippen LogP contribution is 2.35. The summed E-state index contributed by atoms with van der Waals surface area (Å²) >= 11 is 0. The normalized spacial score (nSPS) is 17.8. The second kappa shape index (κ2) is 7.33. The number of aliphatic carboxylic acids is 1. The summed E-state index contributed by atoms with van der Waals surface area (Å²) in [5, 5.41) is 11.8. The van der Waals surface area contributed by atoms with E-state index in [4.69, 9.17) is 9.84 Å². The van der Waals surface area contributed by atoms with Gasteiger partial charge in [0.15, 0.2) is 0 Å². The van der Waals surface area contributed by atoms with E-state index in [1.165, 1.54) is 0 Å². The van der Waals surface area contributed by atoms with E-state index in [9.17, 15) is 9.59 Å². The largest absolute Gasteiger partial charge is 0.481 e. The van der Waals surface area contributed by atoms with Gasteiger partial charge in [0, 0.05) is 20.7 Å². The van der Waals surface area contributed by atoms with Crippen molar-refractivity contribution < 1.29 is 19.4 Å². The van der Waals surface area contributed by atoms with Crippen molar-refractivity contribution >= 4 is 12.0 Å². The predicted molar refractivity (Wildman–Crippen MR) is 71.1 cm³/mol. The topological polar surface area (TPSA) is 78.9 Å². The van der Waals surface area contributed by atoms with Crippen LogP contribution in [-0.4, -0.2) is 54.9 Å². The zero-order valence-corrected chi connectivity index (χ0v) is 11.8. The monoisotopic (exact) mass is 272 g/mol. The number of nitrogens with zero attached hydrogens (tertiary/aromatic N) is 1. The van der Waals surface area contributed by atoms with Gasteiger partial charge < -0.3 is 20.1 Å². The van der Waals surface area contributed by atoms with Crippen molar-refractivity contribution in [3.63, 3.8) is 0 Å². The van der Waals surface area contributed by atoms with Gasteiger partial charge in [0.1, 0.15) is 0 Å². The minimum Gasteiger partial charge on any atom is -0.481 e. The highest BCUT2D eigenvalue weighted by molar-refractivity contribution is 5.76. The SMILES string of the molecule is COCCNC(=O)N(C)C1(CC(=O)O)CCCCC1. The molecule has 1 rings (SSSR count). The zero-order chi connectivity index (χ0) is 14.3. The molecule has 19 heavy (non-hydrogen) atoms. The average molecular weight is 272 g/mol. The fourth-order valence-electron chi connectivity index (χ4n) is 2.72. The Morgan fingerprint density at radius 2 is 1.95 bits per heavy atom. The molecule has 0 aromatic heterocycles. The maximum Gasteiger partial charge on any atom is 0.317 e. The molecule has 0 unspecified atom stereocenters. The number of carbonyl (C=O) groups excluding carboxylic acids is 1. The summed E-state index contributed by atoms with van der Waals surface area (Å²) in [5.74, 6) is -0.849. The van der Waals surface area contributed by atoms with Crippen LogP contribution in [0.3, 0.4) is 0 Å². The quantitative estimate of drug-likeness (QED) is 0.717. The molecule has 6 nitrogen and oxygen atoms in total. The van der Waals surface area contributed by atoms with Crippen molar-refractivity contribution in [2.75, 3.05) is 27.3 Å². The summed E-state index contributed by atoms with van der Waals surface area (Å²) in [5.41, 5.74) is -0.540. The second-order valence-corrected chi connectivity index (χ2v) is 5.14. The first-order chi connectivity index (χ1) is 9.02. The van der Waals surface area contributed by atoms with Crippen LogP contribution in [0.15, 0.2) is 0 Å². The van der Waals surface area contributed by atoms with Crippen molar-refractivity contribution in [3.05, 3.63) is 0 Å². The smallest absolute Gasteiger partial charge is 0.317 e. The molecule has 2 N–H and O–H groups in total. The van der Waals surface area contributed by atoms with Gasteiger partial charge in [-0.05, 0) is 12.8 Å². The summed E-state index contributed by atoms with van der Waals surface area (Å²) in [6, 6.07) is -0.222. The molecule has 0 heterocycles. The van der Waals surface area contributed by atoms with Crippen molar-refractivity contribution in [1.29, 1.82) is 0 Å². The van der Waals surface area contributed by atoms with E-state index < -0.39 is 11.5 Å². The van der Waals surface area contributed by atoms with Gasteiger partial charge in [-0.3, -0.25) is 4.79 Å². The standard InChI is InChI=1S/C13H24N2O4/c1-15(12(18)14-8-9-19-2)13(10-11(16)17)6-4-3-5-7-13/h3-10H2,1-2H3,(H,14,18)(H,16,17). The van der Waals surface area contributed by atoms with E-state index in [2.05, 4.69) is 5.32 Å². The fraction of sp³-hybridized carbons (Fsp3) is 0.846. The Bertz CT molecular complexity index is 314. The van der Waals surface area contributed by atoms with Crippen LogP contribution < -0.4 is 5.32 Å². The molecule has 6 heteroatoms. The molecule has 0 aliphatic heterocycles. The molecule has 0 aromatic carbocycles. The predicted octanol–water partition coefficient (Wildman–Crippen LogP) is 1.45. The van der Waals surface area contributed by atoms with Gasteiger partial charge in [-0.1, -0.05) is 19.3 Å². The van der Waals surface area contributed by atoms with E-state index in [0.29, 0.717) is 13.2 Å². The molecule has 1 saturated carbocycles. The van der Waals surface area contributed by atoms with Gasteiger partial charge in [-0.25, -0.2) is 4.79 Å². The molecule has 0 saturated heterocycles. The number of carbonyl (C=O) groups is 2. The third-order valence-corrected chi connectivity index (χ3v) is 3.86. The zero-order valence-electron chi connectivity index (χ0n) is 11.8. The van der Waals surface area contributed by atoms with Crippen molar-refractivity contribution in [2.45, 2.75) is 44.1 Å². The minimum absolute atomic E-state index is 0.0151. The number of hydrogen-bond donors (Lipinski definition) is 2. The lowest BCUT2D eigenvalue weighted by Crippen LogP contribution is -2.55. The molecule has 1 aliphatic carbocycles. The first-order valence-electron chi connectivity index (χ1n) is 6.74. The number of ether oxygens (including phenoxy) is 1. The number of urea groups is 1. The van der Waals surface area contributed by atoms with E-state index in [0.717, 1.165) is 32.1 Å². The van der Waals surface area contributed by atoms with Crippen molar-refractivity contribution in [3.8, 4) is 0 Å². The molecule has 110 valence electrons. The molecule has 0 spiro atoms. The van der Waals surface area contributed by atoms with Gasteiger partial charge in [-0.2, -0.15) is 0 Å². The number of nitrogens with one attached hydrogen (secondary N) is 1. The first kappa shape index (κ1) is 15.8. The Balaban J connectivity index is 2.67. The molecule has 2 amide bonds. The fourth-order valence-corrected chi connectivity index (χ4v) is 2.72. The summed E-state index contributed by atoms with van der Waals surface area (Å²) in [4.78, 5) is 24.7. The van der Waals surface area contributed by atoms with Gasteiger partial charge in [0.25, 0.3) is 0 Å². The Hall–Kier alpha value is -1.30. The van der Waals surface area contributed by atoms with Crippen LogP contribution in [0.4, 0.5) is 4.79 Å². The van der Waals surface area contributed by atoms with Crippen LogP contribution in [-0.2, 0) is 9.53 Å². The summed E-state index contributed by atoms with van der Waals surface area (Å²) in [6.45, 7) is 0.883. The molecular weight excluding hydrogens is 248 g/mol. The number of carboxylic acid groups (broad SMARTS) is 1. The van der Waals surface area contributed by atoms with Crippen LogP contribution in [0.2, 0.25) is 0 Å². The van der Waals surface area contributed by atoms with Gasteiger partial charge in [0.2, 0.25) is 0 Å². The number of carboxylic acids is 1. The third kappa shape index (κ3) is 4.38. The van der Waals surface area contributed by atoms with Gasteiger partial charge in [-0.15, -0.1) is 0 Å². The summed E-state index contributed by atoms with van der Waals surface area (Å²) < 4.78 is 4.88. The molecular formula is C13H24N2O4. The van der Waals surface area contributed by atoms with Crippen LogP contribution in [0.1, 0.15) is 38.5 Å². The van der Waals surface area contributed by atoms with Crippen LogP contribution >= 0.6 is 0 Å². The summed E-state index contributed by atoms with van der Waals surface area (Å²) in [6.07, 6.45) is 4.59. The van der Waals surface area contributed by atoms with E-state index in [-0.39, 0.29) is 12.5 Å². The molecule has 0 radical (unpaired) electrons. The van der Waals surface area contributed by atoms with E-state index in [1.54, 1.807) is 19.1 Å². The maximum absolute atomic E-state index is 12.1. The van der Waals surface area contributed by atoms with E-state index >= 15 is 0 Å². The van der Waals surface area contributed by atoms with Crippen molar-refractivity contribution in [1.82, 2.24) is 10.2 Å². The highest BCUT2D eigenvalue weighted by atomic mass is 16.5. The summed E-state index contributed by atoms with van der Waals surface area (Å²) in [7, 11) is 3.26. The average Bonchev–Trinajstić information content (AvgIpc) is 2.38. The van der Waals surface area contributed by atoms with E-state index in [1.807, 2.05) is 0 Å². The Kier molecular flexibility index (Phi) is 6.08. The van der Waals surface area contributed by atoms with Crippen LogP contribution in [0.5, 0.6) is 0 Å². The number of methoxy groups -OCH3 is 1. The first-order valence-corrected chi connectivity index (χ1v) is 6.74.